The second kappa shape index (κ2) is 11.9. The van der Waals surface area contributed by atoms with Gasteiger partial charge in [0.2, 0.25) is 5.60 Å². The molecule has 2 unspecified atom stereocenters. The third-order valence-corrected chi connectivity index (χ3v) is 13.9. The fourth-order valence-electron chi connectivity index (χ4n) is 6.01. The SMILES string of the molecule is CCC1(OC(=O)CCCNC(=O)OC(C)(C)C)C(=O)OC([Si](C)(C)C(C)C)c2c1cc1n(c2=O)Cc2cc3cc(O)ccc3nc2-1. The molecule has 2 aliphatic rings. The second-order valence-electron chi connectivity index (χ2n) is 14.1. The number of hydrogen-bond acceptors (Lipinski definition) is 9. The van der Waals surface area contributed by atoms with Gasteiger partial charge in [0.1, 0.15) is 25.2 Å². The monoisotopic (exact) mass is 649 g/mol. The minimum atomic E-state index is -2.42. The number of fused-ring (bicyclic) bond motifs is 5. The van der Waals surface area contributed by atoms with E-state index in [1.165, 1.54) is 0 Å². The van der Waals surface area contributed by atoms with Crippen LogP contribution >= 0.6 is 0 Å². The molecular formula is C34H43N3O8Si. The zero-order chi connectivity index (χ0) is 33.8. The number of carbonyl (C=O) groups excluding carboxylic acids is 3. The summed E-state index contributed by atoms with van der Waals surface area (Å²) in [4.78, 5) is 58.7. The fraction of sp³-hybridized carbons (Fsp3) is 0.500. The molecule has 2 N–H and O–H groups in total. The Balaban J connectivity index is 1.55. The van der Waals surface area contributed by atoms with Gasteiger partial charge in [0.15, 0.2) is 0 Å². The molecule has 0 radical (unpaired) electrons. The highest BCUT2D eigenvalue weighted by Crippen LogP contribution is 2.48. The maximum atomic E-state index is 14.5. The lowest BCUT2D eigenvalue weighted by Crippen LogP contribution is -2.54. The quantitative estimate of drug-likeness (QED) is 0.104. The predicted molar refractivity (Wildman–Crippen MR) is 175 cm³/mol. The van der Waals surface area contributed by atoms with Crippen molar-refractivity contribution in [2.45, 2.75) is 103 Å². The van der Waals surface area contributed by atoms with Crippen molar-refractivity contribution in [1.29, 1.82) is 0 Å². The van der Waals surface area contributed by atoms with Gasteiger partial charge in [-0.2, -0.15) is 0 Å². The summed E-state index contributed by atoms with van der Waals surface area (Å²) in [6.07, 6.45) is -0.366. The Kier molecular flexibility index (Phi) is 8.56. The number of aromatic hydroxyl groups is 1. The first-order chi connectivity index (χ1) is 21.5. The number of ether oxygens (including phenoxy) is 3. The van der Waals surface area contributed by atoms with E-state index in [1.54, 1.807) is 56.5 Å². The van der Waals surface area contributed by atoms with E-state index < -0.39 is 43.0 Å². The van der Waals surface area contributed by atoms with Crippen LogP contribution in [0.15, 0.2) is 35.1 Å². The molecule has 2 atom stereocenters. The molecule has 0 aliphatic carbocycles. The average molecular weight is 650 g/mol. The van der Waals surface area contributed by atoms with Crippen LogP contribution in [0.2, 0.25) is 18.6 Å². The van der Waals surface area contributed by atoms with E-state index in [4.69, 9.17) is 19.2 Å². The summed E-state index contributed by atoms with van der Waals surface area (Å²) in [5, 5.41) is 13.4. The number of phenols is 1. The van der Waals surface area contributed by atoms with Gasteiger partial charge in [-0.3, -0.25) is 9.59 Å². The molecule has 1 amide bonds. The number of nitrogens with zero attached hydrogens (tertiary/aromatic N) is 2. The van der Waals surface area contributed by atoms with E-state index in [2.05, 4.69) is 32.3 Å². The molecule has 0 bridgehead atoms. The van der Waals surface area contributed by atoms with E-state index in [1.807, 2.05) is 6.07 Å². The van der Waals surface area contributed by atoms with E-state index in [-0.39, 0.29) is 49.2 Å². The number of carbonyl (C=O) groups is 3. The van der Waals surface area contributed by atoms with Crippen molar-refractivity contribution in [2.24, 2.45) is 0 Å². The molecule has 0 saturated heterocycles. The summed E-state index contributed by atoms with van der Waals surface area (Å²) in [5.41, 5.74) is -0.0889. The number of nitrogens with one attached hydrogen (secondary N) is 1. The molecule has 0 spiro atoms. The van der Waals surface area contributed by atoms with E-state index in [0.717, 1.165) is 10.9 Å². The molecule has 3 aromatic rings. The van der Waals surface area contributed by atoms with Gasteiger partial charge in [0, 0.05) is 29.5 Å². The number of cyclic esters (lactones) is 1. The molecule has 12 heteroatoms. The summed E-state index contributed by atoms with van der Waals surface area (Å²) < 4.78 is 19.1. The van der Waals surface area contributed by atoms with Crippen molar-refractivity contribution >= 4 is 37.0 Å². The van der Waals surface area contributed by atoms with Crippen LogP contribution in [0.25, 0.3) is 22.3 Å². The summed E-state index contributed by atoms with van der Waals surface area (Å²) in [7, 11) is -2.42. The standard InChI is InChI=1S/C34H43N3O8Si/c1-9-34(44-26(39)11-10-14-35-32(42)45-33(4,5)6)23-17-25-28-21(15-20-16-22(38)12-13-24(20)36-28)18-37(25)29(40)27(23)30(43-31(34)41)46(7,8)19(2)3/h12-13,15-17,19,30,38H,9-11,14,18H2,1-8H3,(H,35,42). The van der Waals surface area contributed by atoms with Crippen LogP contribution in [0, 0.1) is 0 Å². The van der Waals surface area contributed by atoms with Crippen molar-refractivity contribution in [2.75, 3.05) is 6.54 Å². The number of hydrogen-bond donors (Lipinski definition) is 2. The molecule has 5 rings (SSSR count). The van der Waals surface area contributed by atoms with Gasteiger partial charge in [-0.1, -0.05) is 33.9 Å². The maximum absolute atomic E-state index is 14.5. The Hall–Kier alpha value is -4.19. The first-order valence-corrected chi connectivity index (χ1v) is 18.9. The third kappa shape index (κ3) is 5.90. The Morgan fingerprint density at radius 1 is 1.20 bits per heavy atom. The average Bonchev–Trinajstić information content (AvgIpc) is 3.32. The highest BCUT2D eigenvalue weighted by molar-refractivity contribution is 6.79. The predicted octanol–water partition coefficient (Wildman–Crippen LogP) is 5.84. The molecular weight excluding hydrogens is 606 g/mol. The summed E-state index contributed by atoms with van der Waals surface area (Å²) in [6.45, 7) is 15.8. The molecule has 11 nitrogen and oxygen atoms in total. The summed E-state index contributed by atoms with van der Waals surface area (Å²) >= 11 is 0. The highest BCUT2D eigenvalue weighted by Gasteiger charge is 2.56. The zero-order valence-corrected chi connectivity index (χ0v) is 28.8. The lowest BCUT2D eigenvalue weighted by Gasteiger charge is -2.44. The Morgan fingerprint density at radius 3 is 2.57 bits per heavy atom. The van der Waals surface area contributed by atoms with E-state index >= 15 is 0 Å². The number of alkyl carbamates (subject to hydrolysis) is 1. The fourth-order valence-corrected chi connectivity index (χ4v) is 8.05. The zero-order valence-electron chi connectivity index (χ0n) is 27.8. The van der Waals surface area contributed by atoms with Gasteiger partial charge in [0.05, 0.1) is 29.0 Å². The largest absolute Gasteiger partial charge is 0.508 e. The van der Waals surface area contributed by atoms with Crippen LogP contribution in [-0.4, -0.2) is 52.9 Å². The van der Waals surface area contributed by atoms with Crippen LogP contribution in [0.5, 0.6) is 5.75 Å². The lowest BCUT2D eigenvalue weighted by molar-refractivity contribution is -0.190. The number of phenolic OH excluding ortho intramolecular Hbond substituents is 1. The van der Waals surface area contributed by atoms with Crippen LogP contribution in [0.1, 0.15) is 83.2 Å². The molecule has 0 fully saturated rings. The smallest absolute Gasteiger partial charge is 0.407 e. The first kappa shape index (κ1) is 33.2. The first-order valence-electron chi connectivity index (χ1n) is 15.8. The van der Waals surface area contributed by atoms with Gasteiger partial charge < -0.3 is 29.2 Å². The third-order valence-electron chi connectivity index (χ3n) is 9.21. The van der Waals surface area contributed by atoms with Gasteiger partial charge >= 0.3 is 18.0 Å². The molecule has 1 aromatic carbocycles. The molecule has 46 heavy (non-hydrogen) atoms. The summed E-state index contributed by atoms with van der Waals surface area (Å²) in [6, 6.07) is 8.59. The number of amides is 1. The number of aromatic nitrogens is 2. The molecule has 0 saturated carbocycles. The lowest BCUT2D eigenvalue weighted by atomic mass is 9.85. The number of pyridine rings is 2. The molecule has 4 heterocycles. The van der Waals surface area contributed by atoms with Crippen molar-refractivity contribution in [3.8, 4) is 17.1 Å². The van der Waals surface area contributed by atoms with Crippen molar-refractivity contribution < 1.29 is 33.7 Å². The van der Waals surface area contributed by atoms with Crippen molar-refractivity contribution in [3.05, 3.63) is 57.4 Å². The minimum Gasteiger partial charge on any atom is -0.508 e. The number of esters is 2. The van der Waals surface area contributed by atoms with Crippen molar-refractivity contribution in [1.82, 2.24) is 14.9 Å². The molecule has 2 aromatic heterocycles. The van der Waals surface area contributed by atoms with Crippen molar-refractivity contribution in [3.63, 3.8) is 0 Å². The van der Waals surface area contributed by atoms with Gasteiger partial charge in [0.25, 0.3) is 5.56 Å². The Morgan fingerprint density at radius 2 is 1.91 bits per heavy atom. The normalized spacial score (nSPS) is 18.9. The Labute approximate surface area is 269 Å². The topological polar surface area (TPSA) is 146 Å². The van der Waals surface area contributed by atoms with E-state index in [9.17, 15) is 24.3 Å². The van der Waals surface area contributed by atoms with Gasteiger partial charge in [-0.05, 0) is 69.5 Å². The van der Waals surface area contributed by atoms with E-state index in [0.29, 0.717) is 28.0 Å². The van der Waals surface area contributed by atoms with Crippen LogP contribution in [0.4, 0.5) is 4.79 Å². The minimum absolute atomic E-state index is 0.0529. The van der Waals surface area contributed by atoms with Crippen LogP contribution in [0.3, 0.4) is 0 Å². The van der Waals surface area contributed by atoms with Crippen LogP contribution in [-0.2, 0) is 35.9 Å². The molecule has 2 aliphatic heterocycles. The second-order valence-corrected chi connectivity index (χ2v) is 19.4. The number of rotatable bonds is 8. The molecule has 246 valence electrons. The van der Waals surface area contributed by atoms with Crippen LogP contribution < -0.4 is 10.9 Å². The summed E-state index contributed by atoms with van der Waals surface area (Å²) in [5.74, 6) is -1.23. The number of benzene rings is 1. The van der Waals surface area contributed by atoms with Gasteiger partial charge in [-0.25, -0.2) is 14.6 Å². The van der Waals surface area contributed by atoms with Gasteiger partial charge in [-0.15, -0.1) is 0 Å². The highest BCUT2D eigenvalue weighted by atomic mass is 28.3. The maximum Gasteiger partial charge on any atom is 0.407 e. The Bertz CT molecular complexity index is 1790.